The molecule has 0 spiro atoms. The first-order valence-electron chi connectivity index (χ1n) is 4.62. The fourth-order valence-corrected chi connectivity index (χ4v) is 1.40. The van der Waals surface area contributed by atoms with Crippen molar-refractivity contribution >= 4 is 0 Å². The maximum absolute atomic E-state index is 5.59. The predicted octanol–water partition coefficient (Wildman–Crippen LogP) is 1.90. The van der Waals surface area contributed by atoms with Crippen molar-refractivity contribution in [2.45, 2.75) is 6.42 Å². The normalized spacial score (nSPS) is 21.7. The summed E-state index contributed by atoms with van der Waals surface area (Å²) in [6, 6.07) is 10.5. The average Bonchev–Trinajstić information content (AvgIpc) is 2.69. The molecule has 1 aliphatic rings. The molecule has 1 aliphatic heterocycles. The molecule has 0 aromatic heterocycles. The van der Waals surface area contributed by atoms with Crippen molar-refractivity contribution in [3.05, 3.63) is 30.3 Å². The molecule has 1 aromatic rings. The molecule has 1 radical (unpaired) electrons. The summed E-state index contributed by atoms with van der Waals surface area (Å²) in [4.78, 5) is 0. The Bertz CT molecular complexity index is 240. The van der Waals surface area contributed by atoms with Crippen LogP contribution in [0.3, 0.4) is 0 Å². The lowest BCUT2D eigenvalue weighted by molar-refractivity contribution is 0.167. The van der Waals surface area contributed by atoms with Crippen LogP contribution in [0.1, 0.15) is 6.42 Å². The Balaban J connectivity index is 1.79. The Morgan fingerprint density at radius 2 is 2.31 bits per heavy atom. The van der Waals surface area contributed by atoms with E-state index >= 15 is 0 Å². The molecule has 0 bridgehead atoms. The highest BCUT2D eigenvalue weighted by molar-refractivity contribution is 5.20. The van der Waals surface area contributed by atoms with Crippen molar-refractivity contribution in [2.75, 3.05) is 19.8 Å². The second-order valence-electron chi connectivity index (χ2n) is 3.28. The Morgan fingerprint density at radius 3 is 3.00 bits per heavy atom. The number of rotatable bonds is 3. The molecule has 1 atom stereocenters. The van der Waals surface area contributed by atoms with E-state index in [4.69, 9.17) is 9.47 Å². The molecule has 2 heteroatoms. The first kappa shape index (κ1) is 8.57. The summed E-state index contributed by atoms with van der Waals surface area (Å²) in [5.74, 6) is 1.50. The van der Waals surface area contributed by atoms with Gasteiger partial charge in [-0.15, -0.1) is 0 Å². The molecule has 0 N–H and O–H groups in total. The van der Waals surface area contributed by atoms with Gasteiger partial charge in [0.2, 0.25) is 0 Å². The minimum absolute atomic E-state index is 0.573. The topological polar surface area (TPSA) is 18.5 Å². The van der Waals surface area contributed by atoms with Gasteiger partial charge in [-0.25, -0.2) is 0 Å². The van der Waals surface area contributed by atoms with Gasteiger partial charge in [0.1, 0.15) is 5.75 Å². The third-order valence-electron chi connectivity index (χ3n) is 2.20. The van der Waals surface area contributed by atoms with Crippen LogP contribution in [0.5, 0.6) is 5.75 Å². The molecule has 1 unspecified atom stereocenters. The number of ether oxygens (including phenoxy) is 2. The molecule has 2 nitrogen and oxygen atoms in total. The van der Waals surface area contributed by atoms with Crippen LogP contribution in [0, 0.1) is 12.0 Å². The largest absolute Gasteiger partial charge is 0.493 e. The first-order valence-corrected chi connectivity index (χ1v) is 4.62. The van der Waals surface area contributed by atoms with Crippen LogP contribution in [0.25, 0.3) is 0 Å². The summed E-state index contributed by atoms with van der Waals surface area (Å²) in [5.41, 5.74) is 0. The summed E-state index contributed by atoms with van der Waals surface area (Å²) in [6.45, 7) is 2.50. The monoisotopic (exact) mass is 177 g/mol. The van der Waals surface area contributed by atoms with E-state index in [0.717, 1.165) is 32.0 Å². The summed E-state index contributed by atoms with van der Waals surface area (Å²) in [6.07, 6.45) is 1.12. The van der Waals surface area contributed by atoms with Crippen LogP contribution in [0.4, 0.5) is 0 Å². The lowest BCUT2D eigenvalue weighted by Gasteiger charge is -2.09. The van der Waals surface area contributed by atoms with Crippen LogP contribution in [0.15, 0.2) is 24.3 Å². The Labute approximate surface area is 78.5 Å². The predicted molar refractivity (Wildman–Crippen MR) is 49.7 cm³/mol. The molecule has 0 aliphatic carbocycles. The molecule has 1 saturated heterocycles. The van der Waals surface area contributed by atoms with Crippen LogP contribution < -0.4 is 4.74 Å². The van der Waals surface area contributed by atoms with Crippen LogP contribution in [-0.4, -0.2) is 19.8 Å². The smallest absolute Gasteiger partial charge is 0.119 e. The molecule has 2 rings (SSSR count). The van der Waals surface area contributed by atoms with Crippen molar-refractivity contribution in [1.29, 1.82) is 0 Å². The third kappa shape index (κ3) is 2.46. The number of hydrogen-bond acceptors (Lipinski definition) is 2. The zero-order valence-corrected chi connectivity index (χ0v) is 7.53. The van der Waals surface area contributed by atoms with E-state index in [0.29, 0.717) is 5.92 Å². The van der Waals surface area contributed by atoms with Gasteiger partial charge in [-0.2, -0.15) is 0 Å². The van der Waals surface area contributed by atoms with E-state index in [2.05, 4.69) is 6.07 Å². The van der Waals surface area contributed by atoms with Gasteiger partial charge < -0.3 is 9.47 Å². The third-order valence-corrected chi connectivity index (χ3v) is 2.20. The van der Waals surface area contributed by atoms with Gasteiger partial charge in [-0.05, 0) is 24.6 Å². The van der Waals surface area contributed by atoms with Gasteiger partial charge in [0, 0.05) is 12.5 Å². The first-order chi connectivity index (χ1) is 6.45. The highest BCUT2D eigenvalue weighted by atomic mass is 16.5. The molecule has 13 heavy (non-hydrogen) atoms. The van der Waals surface area contributed by atoms with E-state index in [1.54, 1.807) is 0 Å². The van der Waals surface area contributed by atoms with Gasteiger partial charge in [0.05, 0.1) is 13.2 Å². The molecule has 0 saturated carbocycles. The standard InChI is InChI=1S/C11H13O2/c1-2-4-11(5-3-1)13-9-10-6-7-12-8-10/h2-5,10H,6-9H2. The zero-order chi connectivity index (χ0) is 8.93. The van der Waals surface area contributed by atoms with Gasteiger partial charge in [0.15, 0.2) is 0 Å². The quantitative estimate of drug-likeness (QED) is 0.702. The molecule has 1 heterocycles. The number of hydrogen-bond donors (Lipinski definition) is 0. The Hall–Kier alpha value is -1.02. The minimum atomic E-state index is 0.573. The van der Waals surface area contributed by atoms with Crippen LogP contribution >= 0.6 is 0 Å². The van der Waals surface area contributed by atoms with Crippen molar-refractivity contribution in [1.82, 2.24) is 0 Å². The Kier molecular flexibility index (Phi) is 2.82. The molecular formula is C11H13O2. The highest BCUT2D eigenvalue weighted by Crippen LogP contribution is 2.15. The van der Waals surface area contributed by atoms with Crippen molar-refractivity contribution in [2.24, 2.45) is 5.92 Å². The minimum Gasteiger partial charge on any atom is -0.493 e. The van der Waals surface area contributed by atoms with Gasteiger partial charge in [-0.1, -0.05) is 12.1 Å². The molecular weight excluding hydrogens is 164 g/mol. The fourth-order valence-electron chi connectivity index (χ4n) is 1.40. The van der Waals surface area contributed by atoms with E-state index in [-0.39, 0.29) is 0 Å². The Morgan fingerprint density at radius 1 is 1.46 bits per heavy atom. The van der Waals surface area contributed by atoms with Crippen molar-refractivity contribution in [3.8, 4) is 5.75 Å². The number of benzene rings is 1. The molecule has 1 fully saturated rings. The summed E-state index contributed by atoms with van der Waals surface area (Å²) >= 11 is 0. The molecule has 69 valence electrons. The molecule has 1 aromatic carbocycles. The summed E-state index contributed by atoms with van der Waals surface area (Å²) in [7, 11) is 0. The van der Waals surface area contributed by atoms with E-state index < -0.39 is 0 Å². The summed E-state index contributed by atoms with van der Waals surface area (Å²) in [5, 5.41) is 0. The SMILES string of the molecule is [c]1ccc(OCC2CCOC2)cc1. The second kappa shape index (κ2) is 4.28. The lowest BCUT2D eigenvalue weighted by Crippen LogP contribution is -2.11. The van der Waals surface area contributed by atoms with E-state index in [9.17, 15) is 0 Å². The lowest BCUT2D eigenvalue weighted by atomic mass is 10.1. The van der Waals surface area contributed by atoms with Crippen molar-refractivity contribution < 1.29 is 9.47 Å². The zero-order valence-electron chi connectivity index (χ0n) is 7.53. The van der Waals surface area contributed by atoms with Crippen molar-refractivity contribution in [3.63, 3.8) is 0 Å². The summed E-state index contributed by atoms with van der Waals surface area (Å²) < 4.78 is 10.8. The van der Waals surface area contributed by atoms with Gasteiger partial charge in [-0.3, -0.25) is 0 Å². The fraction of sp³-hybridized carbons (Fsp3) is 0.455. The van der Waals surface area contributed by atoms with E-state index in [1.807, 2.05) is 24.3 Å². The highest BCUT2D eigenvalue weighted by Gasteiger charge is 2.15. The van der Waals surface area contributed by atoms with E-state index in [1.165, 1.54) is 0 Å². The maximum atomic E-state index is 5.59. The van der Waals surface area contributed by atoms with Gasteiger partial charge in [0.25, 0.3) is 0 Å². The van der Waals surface area contributed by atoms with Gasteiger partial charge >= 0.3 is 0 Å². The second-order valence-corrected chi connectivity index (χ2v) is 3.28. The molecule has 0 amide bonds. The van der Waals surface area contributed by atoms with Crippen LogP contribution in [0.2, 0.25) is 0 Å². The maximum Gasteiger partial charge on any atom is 0.119 e. The average molecular weight is 177 g/mol. The van der Waals surface area contributed by atoms with Crippen LogP contribution in [-0.2, 0) is 4.74 Å².